The van der Waals surface area contributed by atoms with Gasteiger partial charge in [0, 0.05) is 23.6 Å². The van der Waals surface area contributed by atoms with Crippen LogP contribution in [0.2, 0.25) is 0 Å². The maximum Gasteiger partial charge on any atom is 0.327 e. The smallest absolute Gasteiger partial charge is 0.327 e. The molecule has 0 radical (unpaired) electrons. The van der Waals surface area contributed by atoms with E-state index in [1.807, 2.05) is 6.07 Å². The van der Waals surface area contributed by atoms with Crippen LogP contribution in [0, 0.1) is 0 Å². The molecule has 1 aliphatic carbocycles. The maximum atomic E-state index is 12.7. The molecule has 0 spiro atoms. The van der Waals surface area contributed by atoms with Crippen LogP contribution in [0.25, 0.3) is 0 Å². The minimum absolute atomic E-state index is 0.0117. The van der Waals surface area contributed by atoms with Gasteiger partial charge in [-0.3, -0.25) is 19.6 Å². The van der Waals surface area contributed by atoms with Gasteiger partial charge in [0.15, 0.2) is 17.3 Å². The fourth-order valence-corrected chi connectivity index (χ4v) is 3.92. The van der Waals surface area contributed by atoms with Gasteiger partial charge >= 0.3 is 5.69 Å². The Kier molecular flexibility index (Phi) is 3.09. The van der Waals surface area contributed by atoms with Crippen LogP contribution in [0.3, 0.4) is 0 Å². The largest absolute Gasteiger partial charge is 0.454 e. The van der Waals surface area contributed by atoms with Crippen LogP contribution in [-0.2, 0) is 4.79 Å². The van der Waals surface area contributed by atoms with Gasteiger partial charge in [-0.15, -0.1) is 0 Å². The van der Waals surface area contributed by atoms with Crippen LogP contribution in [0.1, 0.15) is 36.3 Å². The summed E-state index contributed by atoms with van der Waals surface area (Å²) in [7, 11) is 0. The van der Waals surface area contributed by atoms with E-state index in [0.29, 0.717) is 41.3 Å². The summed E-state index contributed by atoms with van der Waals surface area (Å²) >= 11 is 0. The summed E-state index contributed by atoms with van der Waals surface area (Å²) in [5.74, 6) is 0.994. The fraction of sp³-hybridized carbons (Fsp3) is 0.278. The molecule has 0 unspecified atom stereocenters. The van der Waals surface area contributed by atoms with Gasteiger partial charge in [0.25, 0.3) is 5.56 Å². The second-order valence-electron chi connectivity index (χ2n) is 6.54. The van der Waals surface area contributed by atoms with E-state index in [1.54, 1.807) is 12.1 Å². The predicted octanol–water partition coefficient (Wildman–Crippen LogP) is 1.36. The van der Waals surface area contributed by atoms with Gasteiger partial charge in [0.2, 0.25) is 6.79 Å². The average molecular weight is 353 g/mol. The number of Topliss-reactive ketones (excluding diaryl/α,β-unsaturated/α-hetero) is 1. The Morgan fingerprint density at radius 2 is 1.85 bits per heavy atom. The van der Waals surface area contributed by atoms with Crippen molar-refractivity contribution in [2.45, 2.75) is 25.2 Å². The standard InChI is InChI=1S/C18H15N3O5/c22-10-3-1-2-9-14(10)13(8-4-5-11-12(6-8)26-7-25-11)15-16(19-9)20-18(24)21-17(15)23/h4-6,13H,1-3,7H2,(H3,19,20,21,23,24)/t13-/m1/s1. The lowest BCUT2D eigenvalue weighted by molar-refractivity contribution is -0.116. The van der Waals surface area contributed by atoms with Crippen molar-refractivity contribution in [2.24, 2.45) is 0 Å². The van der Waals surface area contributed by atoms with Crippen LogP contribution in [0.15, 0.2) is 39.1 Å². The molecule has 3 N–H and O–H groups in total. The van der Waals surface area contributed by atoms with E-state index in [9.17, 15) is 14.4 Å². The molecule has 1 atom stereocenters. The first-order chi connectivity index (χ1) is 12.6. The van der Waals surface area contributed by atoms with Crippen LogP contribution in [0.5, 0.6) is 11.5 Å². The number of fused-ring (bicyclic) bond motifs is 2. The monoisotopic (exact) mass is 353 g/mol. The number of rotatable bonds is 1. The highest BCUT2D eigenvalue weighted by Crippen LogP contribution is 2.45. The zero-order valence-corrected chi connectivity index (χ0v) is 13.7. The topological polar surface area (TPSA) is 113 Å². The summed E-state index contributed by atoms with van der Waals surface area (Å²) in [4.78, 5) is 41.9. The molecule has 2 aliphatic heterocycles. The Bertz CT molecular complexity index is 1090. The summed E-state index contributed by atoms with van der Waals surface area (Å²) in [5.41, 5.74) is 1.33. The first-order valence-corrected chi connectivity index (χ1v) is 8.41. The Morgan fingerprint density at radius 1 is 1.00 bits per heavy atom. The maximum absolute atomic E-state index is 12.7. The van der Waals surface area contributed by atoms with Crippen LogP contribution in [0.4, 0.5) is 5.82 Å². The molecule has 26 heavy (non-hydrogen) atoms. The zero-order valence-electron chi connectivity index (χ0n) is 13.7. The summed E-state index contributed by atoms with van der Waals surface area (Å²) in [6, 6.07) is 5.39. The number of ketones is 1. The number of hydrogen-bond acceptors (Lipinski definition) is 6. The van der Waals surface area contributed by atoms with Gasteiger partial charge in [-0.05, 0) is 30.5 Å². The Morgan fingerprint density at radius 3 is 2.73 bits per heavy atom. The Labute approximate surface area is 146 Å². The number of nitrogens with one attached hydrogen (secondary N) is 3. The van der Waals surface area contributed by atoms with E-state index in [2.05, 4.69) is 15.3 Å². The number of ether oxygens (including phenoxy) is 2. The molecule has 2 aromatic rings. The number of anilines is 1. The molecule has 0 saturated heterocycles. The number of carbonyl (C=O) groups is 1. The van der Waals surface area contributed by atoms with Crippen molar-refractivity contribution in [3.8, 4) is 11.5 Å². The molecule has 8 nitrogen and oxygen atoms in total. The third-order valence-electron chi connectivity index (χ3n) is 5.02. The third kappa shape index (κ3) is 2.11. The first kappa shape index (κ1) is 15.0. The van der Waals surface area contributed by atoms with Crippen molar-refractivity contribution in [1.82, 2.24) is 9.97 Å². The molecule has 1 aromatic carbocycles. The van der Waals surface area contributed by atoms with Crippen molar-refractivity contribution in [2.75, 3.05) is 12.1 Å². The van der Waals surface area contributed by atoms with E-state index < -0.39 is 17.2 Å². The first-order valence-electron chi connectivity index (χ1n) is 8.41. The van der Waals surface area contributed by atoms with Crippen LogP contribution in [-0.4, -0.2) is 22.5 Å². The Hall–Kier alpha value is -3.29. The lowest BCUT2D eigenvalue weighted by Gasteiger charge is -2.32. The number of aromatic amines is 2. The molecule has 132 valence electrons. The molecular formula is C18H15N3O5. The average Bonchev–Trinajstić information content (AvgIpc) is 3.07. The minimum Gasteiger partial charge on any atom is -0.454 e. The summed E-state index contributed by atoms with van der Waals surface area (Å²) in [5, 5.41) is 3.09. The molecule has 3 aliphatic rings. The number of allylic oxidation sites excluding steroid dienone is 2. The second kappa shape index (κ2) is 5.35. The van der Waals surface area contributed by atoms with Gasteiger partial charge in [-0.1, -0.05) is 6.07 Å². The van der Waals surface area contributed by atoms with E-state index in [4.69, 9.17) is 9.47 Å². The van der Waals surface area contributed by atoms with Gasteiger partial charge in [-0.25, -0.2) is 4.79 Å². The molecule has 0 bridgehead atoms. The molecule has 3 heterocycles. The summed E-state index contributed by atoms with van der Waals surface area (Å²) in [6.45, 7) is 0.141. The second-order valence-corrected chi connectivity index (χ2v) is 6.54. The molecular weight excluding hydrogens is 338 g/mol. The molecule has 1 aromatic heterocycles. The highest BCUT2D eigenvalue weighted by molar-refractivity contribution is 6.00. The van der Waals surface area contributed by atoms with E-state index in [1.165, 1.54) is 0 Å². The predicted molar refractivity (Wildman–Crippen MR) is 91.6 cm³/mol. The molecule has 5 rings (SSSR count). The Balaban J connectivity index is 1.78. The van der Waals surface area contributed by atoms with Crippen molar-refractivity contribution in [1.29, 1.82) is 0 Å². The molecule has 0 saturated carbocycles. The van der Waals surface area contributed by atoms with Gasteiger partial charge in [0.05, 0.1) is 5.56 Å². The summed E-state index contributed by atoms with van der Waals surface area (Å²) < 4.78 is 10.8. The lowest BCUT2D eigenvalue weighted by Crippen LogP contribution is -2.36. The van der Waals surface area contributed by atoms with Gasteiger partial charge < -0.3 is 14.8 Å². The quantitative estimate of drug-likeness (QED) is 0.713. The van der Waals surface area contributed by atoms with E-state index in [0.717, 1.165) is 17.7 Å². The SMILES string of the molecule is O=C1CCCC2=C1[C@@H](c1ccc3c(c1)OCO3)c1c([nH]c(=O)[nH]c1=O)N2. The summed E-state index contributed by atoms with van der Waals surface area (Å²) in [6.07, 6.45) is 1.87. The van der Waals surface area contributed by atoms with Crippen LogP contribution < -0.4 is 26.0 Å². The highest BCUT2D eigenvalue weighted by Gasteiger charge is 2.38. The molecule has 8 heteroatoms. The van der Waals surface area contributed by atoms with E-state index >= 15 is 0 Å². The van der Waals surface area contributed by atoms with Gasteiger partial charge in [0.1, 0.15) is 5.82 Å². The number of aromatic nitrogens is 2. The molecule has 0 amide bonds. The molecule has 0 fully saturated rings. The van der Waals surface area contributed by atoms with Gasteiger partial charge in [-0.2, -0.15) is 0 Å². The number of hydrogen-bond donors (Lipinski definition) is 3. The third-order valence-corrected chi connectivity index (χ3v) is 5.02. The number of H-pyrrole nitrogens is 2. The zero-order chi connectivity index (χ0) is 17.8. The number of benzene rings is 1. The van der Waals surface area contributed by atoms with Crippen molar-refractivity contribution in [3.63, 3.8) is 0 Å². The highest BCUT2D eigenvalue weighted by atomic mass is 16.7. The van der Waals surface area contributed by atoms with E-state index in [-0.39, 0.29) is 12.6 Å². The lowest BCUT2D eigenvalue weighted by atomic mass is 9.76. The van der Waals surface area contributed by atoms with Crippen molar-refractivity contribution in [3.05, 3.63) is 61.4 Å². The van der Waals surface area contributed by atoms with Crippen LogP contribution >= 0.6 is 0 Å². The van der Waals surface area contributed by atoms with Crippen molar-refractivity contribution < 1.29 is 14.3 Å². The number of carbonyl (C=O) groups excluding carboxylic acids is 1. The minimum atomic E-state index is -0.586. The fourth-order valence-electron chi connectivity index (χ4n) is 3.92. The normalized spacial score (nSPS) is 20.5. The van der Waals surface area contributed by atoms with Crippen molar-refractivity contribution >= 4 is 11.6 Å².